The van der Waals surface area contributed by atoms with Crippen molar-refractivity contribution in [2.45, 2.75) is 33.1 Å². The van der Waals surface area contributed by atoms with Gasteiger partial charge in [0, 0.05) is 6.42 Å². The van der Waals surface area contributed by atoms with Gasteiger partial charge in [-0.05, 0) is 19.8 Å². The number of carboxylic acid groups (broad SMARTS) is 1. The van der Waals surface area contributed by atoms with Crippen molar-refractivity contribution in [1.29, 1.82) is 0 Å². The molecule has 0 saturated carbocycles. The van der Waals surface area contributed by atoms with E-state index in [0.29, 0.717) is 12.8 Å². The molecule has 0 fully saturated rings. The molecular weight excluding hydrogens is 164 g/mol. The lowest BCUT2D eigenvalue weighted by atomic mass is 10.0. The first-order chi connectivity index (χ1) is 6.11. The monoisotopic (exact) mass is 180 g/mol. The molecule has 0 aromatic carbocycles. The Labute approximate surface area is 79.7 Å². The number of allylic oxidation sites excluding steroid dienone is 2. The molecule has 0 rings (SSSR count). The molecule has 0 saturated heterocycles. The Morgan fingerprint density at radius 1 is 1.69 bits per heavy atom. The molecule has 0 aliphatic heterocycles. The Balaban J connectivity index is 4.12. The van der Waals surface area contributed by atoms with E-state index in [4.69, 9.17) is 11.5 Å². The zero-order valence-corrected chi connectivity index (χ0v) is 8.21. The number of hydrogen-bond donors (Lipinski definition) is 1. The highest BCUT2D eigenvalue weighted by Gasteiger charge is 2.13. The Hall–Kier alpha value is -1.23. The second kappa shape index (κ2) is 6.30. The summed E-state index contributed by atoms with van der Waals surface area (Å²) >= 11 is 0. The maximum atomic E-state index is 10.7. The molecule has 2 nitrogen and oxygen atoms in total. The first-order valence-corrected chi connectivity index (χ1v) is 4.43. The number of carboxylic acids is 1. The summed E-state index contributed by atoms with van der Waals surface area (Å²) in [7, 11) is 0. The maximum Gasteiger partial charge on any atom is 0.307 e. The van der Waals surface area contributed by atoms with Crippen molar-refractivity contribution in [2.24, 2.45) is 5.92 Å². The number of aliphatic carboxylic acids is 1. The lowest BCUT2D eigenvalue weighted by Gasteiger charge is -2.05. The molecule has 0 spiro atoms. The van der Waals surface area contributed by atoms with Gasteiger partial charge in [-0.3, -0.25) is 4.79 Å². The van der Waals surface area contributed by atoms with Crippen LogP contribution in [-0.2, 0) is 4.79 Å². The highest BCUT2D eigenvalue weighted by Crippen LogP contribution is 2.11. The first-order valence-electron chi connectivity index (χ1n) is 4.43. The van der Waals surface area contributed by atoms with Gasteiger partial charge in [0.15, 0.2) is 0 Å². The Kier molecular flexibility index (Phi) is 5.71. The molecule has 1 unspecified atom stereocenters. The van der Waals surface area contributed by atoms with E-state index in [2.05, 4.69) is 5.92 Å². The quantitative estimate of drug-likeness (QED) is 0.521. The largest absolute Gasteiger partial charge is 0.481 e. The van der Waals surface area contributed by atoms with E-state index in [9.17, 15) is 4.79 Å². The van der Waals surface area contributed by atoms with E-state index in [1.54, 1.807) is 0 Å². The van der Waals surface area contributed by atoms with Crippen molar-refractivity contribution in [3.05, 3.63) is 11.6 Å². The molecule has 72 valence electrons. The minimum atomic E-state index is -0.807. The normalized spacial score (nSPS) is 13.5. The molecular formula is C11H16O2. The zero-order chi connectivity index (χ0) is 10.3. The van der Waals surface area contributed by atoms with Crippen LogP contribution in [0.2, 0.25) is 0 Å². The fourth-order valence-electron chi connectivity index (χ4n) is 0.902. The van der Waals surface area contributed by atoms with Crippen molar-refractivity contribution in [3.8, 4) is 12.3 Å². The second-order valence-electron chi connectivity index (χ2n) is 3.08. The molecule has 0 aliphatic carbocycles. The predicted molar refractivity (Wildman–Crippen MR) is 53.2 cm³/mol. The van der Waals surface area contributed by atoms with Crippen molar-refractivity contribution in [2.75, 3.05) is 0 Å². The average Bonchev–Trinajstić information content (AvgIpc) is 2.11. The molecule has 1 N–H and O–H groups in total. The van der Waals surface area contributed by atoms with Gasteiger partial charge in [-0.2, -0.15) is 0 Å². The summed E-state index contributed by atoms with van der Waals surface area (Å²) in [5.41, 5.74) is 1.21. The van der Waals surface area contributed by atoms with Crippen LogP contribution in [0.25, 0.3) is 0 Å². The molecule has 0 amide bonds. The molecule has 0 aromatic rings. The summed E-state index contributed by atoms with van der Waals surface area (Å²) in [5.74, 6) is 1.15. The summed E-state index contributed by atoms with van der Waals surface area (Å²) < 4.78 is 0. The highest BCUT2D eigenvalue weighted by molar-refractivity contribution is 5.70. The van der Waals surface area contributed by atoms with Crippen molar-refractivity contribution in [1.82, 2.24) is 0 Å². The maximum absolute atomic E-state index is 10.7. The van der Waals surface area contributed by atoms with Crippen LogP contribution in [0, 0.1) is 18.3 Å². The Morgan fingerprint density at radius 2 is 2.31 bits per heavy atom. The van der Waals surface area contributed by atoms with E-state index in [-0.39, 0.29) is 0 Å². The summed E-state index contributed by atoms with van der Waals surface area (Å²) in [6, 6.07) is 0. The molecule has 0 radical (unpaired) electrons. The average molecular weight is 180 g/mol. The second-order valence-corrected chi connectivity index (χ2v) is 3.08. The van der Waals surface area contributed by atoms with Crippen LogP contribution in [0.15, 0.2) is 11.6 Å². The third-order valence-corrected chi connectivity index (χ3v) is 2.02. The van der Waals surface area contributed by atoms with E-state index in [1.807, 2.05) is 19.9 Å². The summed E-state index contributed by atoms with van der Waals surface area (Å²) in [5, 5.41) is 8.77. The van der Waals surface area contributed by atoms with Gasteiger partial charge in [-0.25, -0.2) is 0 Å². The first kappa shape index (κ1) is 11.8. The van der Waals surface area contributed by atoms with E-state index >= 15 is 0 Å². The fraction of sp³-hybridized carbons (Fsp3) is 0.545. The predicted octanol–water partition coefficient (Wildman–Crippen LogP) is 2.46. The van der Waals surface area contributed by atoms with Gasteiger partial charge in [0.2, 0.25) is 0 Å². The van der Waals surface area contributed by atoms with Gasteiger partial charge >= 0.3 is 5.97 Å². The van der Waals surface area contributed by atoms with Crippen LogP contribution >= 0.6 is 0 Å². The smallest absolute Gasteiger partial charge is 0.307 e. The number of hydrogen-bond acceptors (Lipinski definition) is 1. The fourth-order valence-corrected chi connectivity index (χ4v) is 0.902. The Morgan fingerprint density at radius 3 is 2.69 bits per heavy atom. The summed E-state index contributed by atoms with van der Waals surface area (Å²) in [6.45, 7) is 4.04. The zero-order valence-electron chi connectivity index (χ0n) is 8.21. The SMILES string of the molecule is C#CCC(CC=C(C)CC)C(=O)O. The minimum Gasteiger partial charge on any atom is -0.481 e. The van der Waals surface area contributed by atoms with Crippen molar-refractivity contribution < 1.29 is 9.90 Å². The van der Waals surface area contributed by atoms with Gasteiger partial charge in [-0.1, -0.05) is 18.6 Å². The number of terminal acetylenes is 1. The van der Waals surface area contributed by atoms with Crippen LogP contribution in [0.3, 0.4) is 0 Å². The molecule has 0 bridgehead atoms. The van der Waals surface area contributed by atoms with Gasteiger partial charge in [-0.15, -0.1) is 12.3 Å². The van der Waals surface area contributed by atoms with E-state index in [0.717, 1.165) is 6.42 Å². The van der Waals surface area contributed by atoms with Crippen LogP contribution in [0.5, 0.6) is 0 Å². The summed E-state index contributed by atoms with van der Waals surface area (Å²) in [6.07, 6.45) is 8.84. The highest BCUT2D eigenvalue weighted by atomic mass is 16.4. The van der Waals surface area contributed by atoms with E-state index in [1.165, 1.54) is 5.57 Å². The van der Waals surface area contributed by atoms with Gasteiger partial charge < -0.3 is 5.11 Å². The van der Waals surface area contributed by atoms with Crippen LogP contribution in [-0.4, -0.2) is 11.1 Å². The molecule has 2 heteroatoms. The van der Waals surface area contributed by atoms with Crippen LogP contribution < -0.4 is 0 Å². The van der Waals surface area contributed by atoms with Crippen LogP contribution in [0.1, 0.15) is 33.1 Å². The van der Waals surface area contributed by atoms with Gasteiger partial charge in [0.25, 0.3) is 0 Å². The minimum absolute atomic E-state index is 0.308. The lowest BCUT2D eigenvalue weighted by Crippen LogP contribution is -2.11. The number of carbonyl (C=O) groups is 1. The molecule has 1 atom stereocenters. The standard InChI is InChI=1S/C11H16O2/c1-4-6-10(11(12)13)8-7-9(3)5-2/h1,7,10H,5-6,8H2,2-3H3,(H,12,13). The van der Waals surface area contributed by atoms with Gasteiger partial charge in [0.05, 0.1) is 5.92 Å². The van der Waals surface area contributed by atoms with Crippen LogP contribution in [0.4, 0.5) is 0 Å². The molecule has 0 aromatic heterocycles. The Bertz CT molecular complexity index is 233. The third kappa shape index (κ3) is 5.08. The van der Waals surface area contributed by atoms with E-state index < -0.39 is 11.9 Å². The topological polar surface area (TPSA) is 37.3 Å². The molecule has 13 heavy (non-hydrogen) atoms. The van der Waals surface area contributed by atoms with Crippen molar-refractivity contribution >= 4 is 5.97 Å². The summed E-state index contributed by atoms with van der Waals surface area (Å²) in [4.78, 5) is 10.7. The van der Waals surface area contributed by atoms with Crippen molar-refractivity contribution in [3.63, 3.8) is 0 Å². The number of rotatable bonds is 5. The van der Waals surface area contributed by atoms with Gasteiger partial charge in [0.1, 0.15) is 0 Å². The lowest BCUT2D eigenvalue weighted by molar-refractivity contribution is -0.141. The molecule has 0 aliphatic rings. The third-order valence-electron chi connectivity index (χ3n) is 2.02. The molecule has 0 heterocycles.